The summed E-state index contributed by atoms with van der Waals surface area (Å²) in [5.74, 6) is 2.03. The molecular formula is C19H13O. The van der Waals surface area contributed by atoms with Gasteiger partial charge in [0.25, 0.3) is 0 Å². The van der Waals surface area contributed by atoms with Gasteiger partial charge in [-0.15, -0.1) is 0 Å². The maximum atomic E-state index is 6.00. The van der Waals surface area contributed by atoms with E-state index in [9.17, 15) is 0 Å². The van der Waals surface area contributed by atoms with Gasteiger partial charge in [-0.25, -0.2) is 0 Å². The van der Waals surface area contributed by atoms with Crippen molar-refractivity contribution in [3.63, 3.8) is 0 Å². The highest BCUT2D eigenvalue weighted by Gasteiger charge is 2.27. The summed E-state index contributed by atoms with van der Waals surface area (Å²) in [5.41, 5.74) is 3.58. The van der Waals surface area contributed by atoms with Crippen molar-refractivity contribution in [2.75, 3.05) is 0 Å². The van der Waals surface area contributed by atoms with Gasteiger partial charge in [-0.2, -0.15) is 0 Å². The molecule has 0 spiro atoms. The zero-order valence-corrected chi connectivity index (χ0v) is 10.9. The number of hydrogen-bond acceptors (Lipinski definition) is 1. The molecule has 0 saturated heterocycles. The zero-order valence-electron chi connectivity index (χ0n) is 10.9. The summed E-state index contributed by atoms with van der Waals surface area (Å²) in [6.45, 7) is 0. The molecule has 0 aromatic heterocycles. The zero-order chi connectivity index (χ0) is 13.4. The van der Waals surface area contributed by atoms with Crippen molar-refractivity contribution in [1.82, 2.24) is 0 Å². The van der Waals surface area contributed by atoms with Gasteiger partial charge in [0.05, 0.1) is 0 Å². The van der Waals surface area contributed by atoms with Crippen LogP contribution >= 0.6 is 0 Å². The summed E-state index contributed by atoms with van der Waals surface area (Å²) in [6.07, 6.45) is 0. The molecule has 0 amide bonds. The molecule has 1 heteroatoms. The molecule has 1 unspecified atom stereocenters. The smallest absolute Gasteiger partial charge is 0.132 e. The molecular weight excluding hydrogens is 244 g/mol. The third-order valence-electron chi connectivity index (χ3n) is 3.72. The molecule has 0 saturated carbocycles. The third kappa shape index (κ3) is 1.71. The second kappa shape index (κ2) is 4.53. The normalized spacial score (nSPS) is 13.2. The quantitative estimate of drug-likeness (QED) is 0.477. The number of ether oxygens (including phenoxy) is 1. The fraction of sp³-hybridized carbons (Fsp3) is 0.0526. The fourth-order valence-electron chi connectivity index (χ4n) is 2.83. The first-order valence-electron chi connectivity index (χ1n) is 6.76. The molecule has 1 atom stereocenters. The van der Waals surface area contributed by atoms with Crippen LogP contribution in [-0.4, -0.2) is 0 Å². The highest BCUT2D eigenvalue weighted by Crippen LogP contribution is 2.46. The van der Waals surface area contributed by atoms with E-state index in [0.717, 1.165) is 17.1 Å². The van der Waals surface area contributed by atoms with E-state index in [4.69, 9.17) is 4.74 Å². The first-order chi connectivity index (χ1) is 9.93. The number of rotatable bonds is 1. The second-order valence-corrected chi connectivity index (χ2v) is 4.93. The van der Waals surface area contributed by atoms with Gasteiger partial charge < -0.3 is 4.74 Å². The number of benzene rings is 3. The van der Waals surface area contributed by atoms with E-state index < -0.39 is 0 Å². The molecule has 1 heterocycles. The lowest BCUT2D eigenvalue weighted by atomic mass is 9.83. The van der Waals surface area contributed by atoms with Crippen LogP contribution in [0.15, 0.2) is 72.8 Å². The van der Waals surface area contributed by atoms with E-state index in [1.165, 1.54) is 11.1 Å². The van der Waals surface area contributed by atoms with E-state index in [0.29, 0.717) is 0 Å². The lowest BCUT2D eigenvalue weighted by Crippen LogP contribution is -2.11. The van der Waals surface area contributed by atoms with Gasteiger partial charge in [0.1, 0.15) is 11.5 Å². The Morgan fingerprint density at radius 1 is 0.750 bits per heavy atom. The minimum absolute atomic E-state index is 0.192. The Labute approximate surface area is 118 Å². The molecule has 4 rings (SSSR count). The van der Waals surface area contributed by atoms with Gasteiger partial charge in [0.2, 0.25) is 0 Å². The van der Waals surface area contributed by atoms with E-state index in [-0.39, 0.29) is 5.92 Å². The van der Waals surface area contributed by atoms with Gasteiger partial charge in [0.15, 0.2) is 0 Å². The molecule has 0 fully saturated rings. The van der Waals surface area contributed by atoms with Crippen LogP contribution < -0.4 is 4.74 Å². The molecule has 0 N–H and O–H groups in total. The Bertz CT molecular complexity index is 701. The van der Waals surface area contributed by atoms with Crippen LogP contribution in [0.5, 0.6) is 11.5 Å². The van der Waals surface area contributed by atoms with Crippen molar-refractivity contribution in [2.24, 2.45) is 0 Å². The number of fused-ring (bicyclic) bond motifs is 2. The van der Waals surface area contributed by atoms with E-state index in [1.54, 1.807) is 0 Å². The molecule has 3 aromatic rings. The van der Waals surface area contributed by atoms with Crippen LogP contribution in [0.4, 0.5) is 0 Å². The minimum Gasteiger partial charge on any atom is -0.457 e. The van der Waals surface area contributed by atoms with Crippen LogP contribution in [-0.2, 0) is 0 Å². The molecule has 1 aliphatic heterocycles. The van der Waals surface area contributed by atoms with E-state index >= 15 is 0 Å². The molecule has 0 bridgehead atoms. The first kappa shape index (κ1) is 11.3. The minimum atomic E-state index is 0.192. The summed E-state index contributed by atoms with van der Waals surface area (Å²) < 4.78 is 6.00. The molecule has 1 aliphatic rings. The monoisotopic (exact) mass is 257 g/mol. The molecule has 1 radical (unpaired) electrons. The highest BCUT2D eigenvalue weighted by atomic mass is 16.5. The summed E-state index contributed by atoms with van der Waals surface area (Å²) >= 11 is 0. The summed E-state index contributed by atoms with van der Waals surface area (Å²) in [4.78, 5) is 0. The van der Waals surface area contributed by atoms with Crippen molar-refractivity contribution < 1.29 is 4.74 Å². The van der Waals surface area contributed by atoms with E-state index in [2.05, 4.69) is 42.5 Å². The van der Waals surface area contributed by atoms with Crippen molar-refractivity contribution in [1.29, 1.82) is 0 Å². The lowest BCUT2D eigenvalue weighted by molar-refractivity contribution is 0.452. The molecule has 20 heavy (non-hydrogen) atoms. The number of hydrogen-bond donors (Lipinski definition) is 0. The largest absolute Gasteiger partial charge is 0.457 e. The molecule has 3 aromatic carbocycles. The first-order valence-corrected chi connectivity index (χ1v) is 6.76. The fourth-order valence-corrected chi connectivity index (χ4v) is 2.83. The molecule has 1 nitrogen and oxygen atoms in total. The average molecular weight is 257 g/mol. The van der Waals surface area contributed by atoms with Crippen molar-refractivity contribution in [2.45, 2.75) is 5.92 Å². The molecule has 95 valence electrons. The summed E-state index contributed by atoms with van der Waals surface area (Å²) in [7, 11) is 0. The lowest BCUT2D eigenvalue weighted by Gasteiger charge is -2.28. The van der Waals surface area contributed by atoms with Crippen LogP contribution in [0.2, 0.25) is 0 Å². The van der Waals surface area contributed by atoms with Crippen LogP contribution in [0, 0.1) is 6.07 Å². The van der Waals surface area contributed by atoms with Gasteiger partial charge in [-0.05, 0) is 23.8 Å². The van der Waals surface area contributed by atoms with Gasteiger partial charge in [0, 0.05) is 17.0 Å². The summed E-state index contributed by atoms with van der Waals surface area (Å²) in [6, 6.07) is 28.1. The van der Waals surface area contributed by atoms with Crippen LogP contribution in [0.1, 0.15) is 22.6 Å². The third-order valence-corrected chi connectivity index (χ3v) is 3.72. The summed E-state index contributed by atoms with van der Waals surface area (Å²) in [5, 5.41) is 0. The Hall–Kier alpha value is -2.54. The maximum Gasteiger partial charge on any atom is 0.132 e. The van der Waals surface area contributed by atoms with Crippen LogP contribution in [0.3, 0.4) is 0 Å². The predicted octanol–water partition coefficient (Wildman–Crippen LogP) is 4.77. The van der Waals surface area contributed by atoms with Gasteiger partial charge in [-0.1, -0.05) is 60.7 Å². The topological polar surface area (TPSA) is 9.23 Å². The van der Waals surface area contributed by atoms with Crippen molar-refractivity contribution in [3.8, 4) is 11.5 Å². The maximum absolute atomic E-state index is 6.00. The predicted molar refractivity (Wildman–Crippen MR) is 79.2 cm³/mol. The van der Waals surface area contributed by atoms with Crippen molar-refractivity contribution in [3.05, 3.63) is 95.6 Å². The van der Waals surface area contributed by atoms with E-state index in [1.807, 2.05) is 36.4 Å². The second-order valence-electron chi connectivity index (χ2n) is 4.93. The van der Waals surface area contributed by atoms with Crippen molar-refractivity contribution >= 4 is 0 Å². The standard InChI is InChI=1S/C19H13O/c1-2-8-14(9-3-1)19-15-10-4-6-12-17(15)20-18-13-7-5-11-16(18)19/h1-10,12-13,19H. The average Bonchev–Trinajstić information content (AvgIpc) is 2.53. The van der Waals surface area contributed by atoms with Gasteiger partial charge >= 0.3 is 0 Å². The Kier molecular flexibility index (Phi) is 2.56. The van der Waals surface area contributed by atoms with Crippen LogP contribution in [0.25, 0.3) is 0 Å². The Balaban J connectivity index is 1.98. The highest BCUT2D eigenvalue weighted by molar-refractivity contribution is 5.57. The number of para-hydroxylation sites is 1. The SMILES string of the molecule is [c]1cccc2c1C(c1ccccc1)c1ccccc1O2. The molecule has 0 aliphatic carbocycles. The Morgan fingerprint density at radius 2 is 1.50 bits per heavy atom. The Morgan fingerprint density at radius 3 is 2.40 bits per heavy atom. The van der Waals surface area contributed by atoms with Gasteiger partial charge in [-0.3, -0.25) is 0 Å².